The average molecular weight is 306 g/mol. The summed E-state index contributed by atoms with van der Waals surface area (Å²) < 4.78 is 0. The third-order valence-electron chi connectivity index (χ3n) is 3.47. The Hall–Kier alpha value is -1.31. The Morgan fingerprint density at radius 1 is 0.818 bits per heavy atom. The van der Waals surface area contributed by atoms with E-state index in [2.05, 4.69) is 50.3 Å². The van der Waals surface area contributed by atoms with E-state index in [4.69, 9.17) is 5.11 Å². The summed E-state index contributed by atoms with van der Waals surface area (Å²) in [6, 6.07) is 0. The first-order valence-electron chi connectivity index (χ1n) is 8.79. The Morgan fingerprint density at radius 3 is 1.95 bits per heavy atom. The second-order valence-electron chi connectivity index (χ2n) is 6.20. The van der Waals surface area contributed by atoms with E-state index in [-0.39, 0.29) is 0 Å². The molecule has 22 heavy (non-hydrogen) atoms. The van der Waals surface area contributed by atoms with Crippen LogP contribution in [-0.2, 0) is 4.79 Å². The molecule has 0 bridgehead atoms. The van der Waals surface area contributed by atoms with Crippen molar-refractivity contribution in [2.75, 3.05) is 0 Å². The second kappa shape index (κ2) is 16.1. The monoisotopic (exact) mass is 306 g/mol. The summed E-state index contributed by atoms with van der Waals surface area (Å²) in [5, 5.41) is 8.52. The van der Waals surface area contributed by atoms with E-state index in [1.807, 2.05) is 0 Å². The van der Waals surface area contributed by atoms with Crippen molar-refractivity contribution >= 4 is 5.97 Å². The number of rotatable bonds is 14. The number of aliphatic carboxylic acids is 1. The molecule has 0 fully saturated rings. The highest BCUT2D eigenvalue weighted by Gasteiger charge is 1.95. The molecule has 0 saturated heterocycles. The standard InChI is InChI=1S/C20H34O2/c1-19(2)17-15-13-11-9-7-5-3-4-6-8-10-12-14-16-18-20(21)22/h4-7,11,13,19H,3,8-10,12,14-18H2,1-2H3,(H,21,22)/b6-4+,7-5+,13-11+. The topological polar surface area (TPSA) is 37.3 Å². The van der Waals surface area contributed by atoms with Gasteiger partial charge >= 0.3 is 5.97 Å². The zero-order valence-electron chi connectivity index (χ0n) is 14.5. The van der Waals surface area contributed by atoms with Gasteiger partial charge < -0.3 is 5.11 Å². The molecule has 0 aromatic rings. The molecule has 0 aromatic carbocycles. The first kappa shape index (κ1) is 20.7. The van der Waals surface area contributed by atoms with Crippen LogP contribution in [0.25, 0.3) is 0 Å². The van der Waals surface area contributed by atoms with Crippen molar-refractivity contribution in [1.82, 2.24) is 0 Å². The van der Waals surface area contributed by atoms with Crippen molar-refractivity contribution in [2.45, 2.75) is 78.1 Å². The summed E-state index contributed by atoms with van der Waals surface area (Å²) in [4.78, 5) is 10.3. The van der Waals surface area contributed by atoms with E-state index in [1.54, 1.807) is 0 Å². The van der Waals surface area contributed by atoms with Gasteiger partial charge in [-0.25, -0.2) is 0 Å². The minimum absolute atomic E-state index is 0.312. The molecule has 0 aliphatic heterocycles. The number of carboxylic acid groups (broad SMARTS) is 1. The van der Waals surface area contributed by atoms with Gasteiger partial charge in [-0.15, -0.1) is 0 Å². The molecule has 0 aliphatic carbocycles. The van der Waals surface area contributed by atoms with Gasteiger partial charge in [0.1, 0.15) is 0 Å². The Labute approximate surface area is 137 Å². The maximum atomic E-state index is 10.3. The van der Waals surface area contributed by atoms with Gasteiger partial charge in [0.2, 0.25) is 0 Å². The highest BCUT2D eigenvalue weighted by atomic mass is 16.4. The molecule has 2 nitrogen and oxygen atoms in total. The number of carbonyl (C=O) groups is 1. The quantitative estimate of drug-likeness (QED) is 0.302. The van der Waals surface area contributed by atoms with Gasteiger partial charge in [-0.1, -0.05) is 63.1 Å². The molecule has 0 saturated carbocycles. The van der Waals surface area contributed by atoms with Crippen LogP contribution in [0.3, 0.4) is 0 Å². The van der Waals surface area contributed by atoms with Crippen LogP contribution in [0.15, 0.2) is 36.5 Å². The van der Waals surface area contributed by atoms with Crippen molar-refractivity contribution in [2.24, 2.45) is 5.92 Å². The van der Waals surface area contributed by atoms with Crippen LogP contribution >= 0.6 is 0 Å². The second-order valence-corrected chi connectivity index (χ2v) is 6.20. The molecule has 126 valence electrons. The molecule has 0 aliphatic rings. The molecule has 0 heterocycles. The van der Waals surface area contributed by atoms with Crippen LogP contribution in [0, 0.1) is 5.92 Å². The van der Waals surface area contributed by atoms with Crippen molar-refractivity contribution in [1.29, 1.82) is 0 Å². The number of hydrogen-bond donors (Lipinski definition) is 1. The molecule has 0 rings (SSSR count). The Bertz CT molecular complexity index is 338. The fourth-order valence-electron chi connectivity index (χ4n) is 2.10. The summed E-state index contributed by atoms with van der Waals surface area (Å²) in [7, 11) is 0. The van der Waals surface area contributed by atoms with Crippen LogP contribution in [0.4, 0.5) is 0 Å². The lowest BCUT2D eigenvalue weighted by molar-refractivity contribution is -0.137. The van der Waals surface area contributed by atoms with E-state index < -0.39 is 5.97 Å². The van der Waals surface area contributed by atoms with Crippen LogP contribution < -0.4 is 0 Å². The van der Waals surface area contributed by atoms with Gasteiger partial charge in [0.15, 0.2) is 0 Å². The lowest BCUT2D eigenvalue weighted by Gasteiger charge is -1.98. The highest BCUT2D eigenvalue weighted by Crippen LogP contribution is 2.06. The van der Waals surface area contributed by atoms with E-state index in [0.29, 0.717) is 6.42 Å². The first-order chi connectivity index (χ1) is 10.6. The van der Waals surface area contributed by atoms with Gasteiger partial charge in [-0.3, -0.25) is 4.79 Å². The SMILES string of the molecule is CC(C)CC/C=C/C/C=C/C/C=C/CCCCCCC(=O)O. The van der Waals surface area contributed by atoms with Crippen molar-refractivity contribution in [3.05, 3.63) is 36.5 Å². The van der Waals surface area contributed by atoms with Crippen molar-refractivity contribution in [3.63, 3.8) is 0 Å². The van der Waals surface area contributed by atoms with Crippen LogP contribution in [0.5, 0.6) is 0 Å². The number of carboxylic acids is 1. The summed E-state index contributed by atoms with van der Waals surface area (Å²) in [5.41, 5.74) is 0. The molecule has 0 unspecified atom stereocenters. The zero-order chi connectivity index (χ0) is 16.5. The van der Waals surface area contributed by atoms with Gasteiger partial charge in [-0.05, 0) is 50.9 Å². The largest absolute Gasteiger partial charge is 0.481 e. The van der Waals surface area contributed by atoms with Gasteiger partial charge in [0.05, 0.1) is 0 Å². The maximum Gasteiger partial charge on any atom is 0.303 e. The normalized spacial score (nSPS) is 12.3. The van der Waals surface area contributed by atoms with Crippen LogP contribution in [0.2, 0.25) is 0 Å². The lowest BCUT2D eigenvalue weighted by Crippen LogP contribution is -1.93. The Kier molecular flexibility index (Phi) is 15.1. The minimum atomic E-state index is -0.679. The summed E-state index contributed by atoms with van der Waals surface area (Å²) in [5.74, 6) is 0.115. The molecule has 2 heteroatoms. The molecular weight excluding hydrogens is 272 g/mol. The third kappa shape index (κ3) is 18.7. The van der Waals surface area contributed by atoms with Gasteiger partial charge in [0, 0.05) is 6.42 Å². The summed E-state index contributed by atoms with van der Waals surface area (Å²) >= 11 is 0. The average Bonchev–Trinajstić information content (AvgIpc) is 2.46. The fourth-order valence-corrected chi connectivity index (χ4v) is 2.10. The van der Waals surface area contributed by atoms with Gasteiger partial charge in [0.25, 0.3) is 0 Å². The van der Waals surface area contributed by atoms with Crippen molar-refractivity contribution < 1.29 is 9.90 Å². The van der Waals surface area contributed by atoms with Crippen LogP contribution in [-0.4, -0.2) is 11.1 Å². The summed E-state index contributed by atoms with van der Waals surface area (Å²) in [6.45, 7) is 4.52. The Balaban J connectivity index is 3.32. The number of hydrogen-bond acceptors (Lipinski definition) is 1. The molecule has 1 N–H and O–H groups in total. The molecular formula is C20H34O2. The molecule has 0 amide bonds. The fraction of sp³-hybridized carbons (Fsp3) is 0.650. The highest BCUT2D eigenvalue weighted by molar-refractivity contribution is 5.66. The molecule has 0 radical (unpaired) electrons. The van der Waals surface area contributed by atoms with Crippen molar-refractivity contribution in [3.8, 4) is 0 Å². The molecule has 0 spiro atoms. The number of allylic oxidation sites excluding steroid dienone is 6. The zero-order valence-corrected chi connectivity index (χ0v) is 14.5. The predicted octanol–water partition coefficient (Wildman–Crippen LogP) is 6.30. The maximum absolute atomic E-state index is 10.3. The van der Waals surface area contributed by atoms with E-state index in [1.165, 1.54) is 19.3 Å². The third-order valence-corrected chi connectivity index (χ3v) is 3.47. The minimum Gasteiger partial charge on any atom is -0.481 e. The molecule has 0 aromatic heterocycles. The van der Waals surface area contributed by atoms with Crippen LogP contribution in [0.1, 0.15) is 78.1 Å². The van der Waals surface area contributed by atoms with E-state index in [0.717, 1.165) is 44.4 Å². The Morgan fingerprint density at radius 2 is 1.36 bits per heavy atom. The van der Waals surface area contributed by atoms with E-state index >= 15 is 0 Å². The van der Waals surface area contributed by atoms with Gasteiger partial charge in [-0.2, -0.15) is 0 Å². The lowest BCUT2D eigenvalue weighted by atomic mass is 10.1. The number of unbranched alkanes of at least 4 members (excludes halogenated alkanes) is 4. The smallest absolute Gasteiger partial charge is 0.303 e. The predicted molar refractivity (Wildman–Crippen MR) is 96.1 cm³/mol. The van der Waals surface area contributed by atoms with E-state index in [9.17, 15) is 4.79 Å². The molecule has 0 atom stereocenters. The summed E-state index contributed by atoms with van der Waals surface area (Å²) in [6.07, 6.45) is 23.5. The first-order valence-corrected chi connectivity index (χ1v) is 8.79.